The van der Waals surface area contributed by atoms with Crippen LogP contribution in [0.5, 0.6) is 0 Å². The van der Waals surface area contributed by atoms with Gasteiger partial charge in [-0.2, -0.15) is 0 Å². The van der Waals surface area contributed by atoms with E-state index in [0.29, 0.717) is 12.1 Å². The first-order valence-corrected chi connectivity index (χ1v) is 6.19. The summed E-state index contributed by atoms with van der Waals surface area (Å²) in [6, 6.07) is 7.64. The molecule has 0 saturated carbocycles. The van der Waals surface area contributed by atoms with E-state index < -0.39 is 0 Å². The fourth-order valence-corrected chi connectivity index (χ4v) is 2.25. The molecule has 4 nitrogen and oxygen atoms in total. The number of benzene rings is 1. The van der Waals surface area contributed by atoms with Crippen molar-refractivity contribution in [2.75, 3.05) is 11.9 Å². The Bertz CT molecular complexity index is 484. The highest BCUT2D eigenvalue weighted by molar-refractivity contribution is 6.21. The number of rotatable bonds is 3. The molecule has 1 N–H and O–H groups in total. The van der Waals surface area contributed by atoms with Crippen LogP contribution in [0.15, 0.2) is 24.3 Å². The van der Waals surface area contributed by atoms with E-state index in [2.05, 4.69) is 5.32 Å². The van der Waals surface area contributed by atoms with Crippen molar-refractivity contribution in [3.8, 4) is 0 Å². The van der Waals surface area contributed by atoms with Gasteiger partial charge in [0, 0.05) is 18.4 Å². The molecule has 0 aromatic heterocycles. The molecule has 1 saturated heterocycles. The van der Waals surface area contributed by atoms with Gasteiger partial charge in [0.15, 0.2) is 0 Å². The number of hydrogen-bond acceptors (Lipinski definition) is 3. The van der Waals surface area contributed by atoms with Crippen molar-refractivity contribution in [1.82, 2.24) is 5.32 Å². The molecule has 18 heavy (non-hydrogen) atoms. The Labute approximate surface area is 107 Å². The minimum absolute atomic E-state index is 0.0951. The monoisotopic (exact) mass is 246 g/mol. The van der Waals surface area contributed by atoms with Crippen molar-refractivity contribution in [3.05, 3.63) is 29.8 Å². The fraction of sp³-hybridized carbons (Fsp3) is 0.429. The quantitative estimate of drug-likeness (QED) is 0.828. The zero-order chi connectivity index (χ0) is 13.3. The lowest BCUT2D eigenvalue weighted by atomic mass is 10.1. The molecular weight excluding hydrogens is 228 g/mol. The van der Waals surface area contributed by atoms with E-state index in [1.54, 1.807) is 6.92 Å². The molecule has 1 aromatic carbocycles. The molecule has 2 unspecified atom stereocenters. The molecule has 1 heterocycles. The van der Waals surface area contributed by atoms with Crippen LogP contribution in [-0.2, 0) is 9.59 Å². The van der Waals surface area contributed by atoms with Crippen LogP contribution in [0.3, 0.4) is 0 Å². The maximum Gasteiger partial charge on any atom is 0.237 e. The Morgan fingerprint density at radius 1 is 1.33 bits per heavy atom. The average Bonchev–Trinajstić information content (AvgIpc) is 2.62. The van der Waals surface area contributed by atoms with Gasteiger partial charge in [0.1, 0.15) is 0 Å². The zero-order valence-corrected chi connectivity index (χ0v) is 10.9. The van der Waals surface area contributed by atoms with Gasteiger partial charge in [0.05, 0.1) is 5.69 Å². The smallest absolute Gasteiger partial charge is 0.237 e. The number of para-hydroxylation sites is 1. The average molecular weight is 246 g/mol. The molecule has 1 fully saturated rings. The standard InChI is InChI=1S/C14H18N2O2/c1-9-8-13(17)16(14(9)18)12-7-5-4-6-11(12)10(2)15-3/h4-7,9-10,15H,8H2,1-3H3. The van der Waals surface area contributed by atoms with E-state index in [0.717, 1.165) is 5.56 Å². The second-order valence-corrected chi connectivity index (χ2v) is 4.74. The molecule has 2 rings (SSSR count). The molecule has 96 valence electrons. The van der Waals surface area contributed by atoms with E-state index in [1.807, 2.05) is 38.2 Å². The second-order valence-electron chi connectivity index (χ2n) is 4.74. The van der Waals surface area contributed by atoms with Crippen molar-refractivity contribution in [2.45, 2.75) is 26.3 Å². The lowest BCUT2D eigenvalue weighted by molar-refractivity contribution is -0.122. The number of carbonyl (C=O) groups excluding carboxylic acids is 2. The van der Waals surface area contributed by atoms with E-state index in [4.69, 9.17) is 0 Å². The molecule has 4 heteroatoms. The molecular formula is C14H18N2O2. The van der Waals surface area contributed by atoms with Crippen LogP contribution >= 0.6 is 0 Å². The Balaban J connectivity index is 2.45. The molecule has 2 atom stereocenters. The SMILES string of the molecule is CNC(C)c1ccccc1N1C(=O)CC(C)C1=O. The molecule has 0 bridgehead atoms. The van der Waals surface area contributed by atoms with Gasteiger partial charge in [0.2, 0.25) is 11.8 Å². The molecule has 1 aliphatic heterocycles. The van der Waals surface area contributed by atoms with Crippen LogP contribution in [0.4, 0.5) is 5.69 Å². The normalized spacial score (nSPS) is 21.5. The van der Waals surface area contributed by atoms with Gasteiger partial charge in [-0.15, -0.1) is 0 Å². The van der Waals surface area contributed by atoms with Gasteiger partial charge in [-0.1, -0.05) is 25.1 Å². The number of amides is 2. The summed E-state index contributed by atoms with van der Waals surface area (Å²) in [6.45, 7) is 3.80. The first kappa shape index (κ1) is 12.8. The predicted octanol–water partition coefficient (Wildman–Crippen LogP) is 1.87. The summed E-state index contributed by atoms with van der Waals surface area (Å²) in [5.74, 6) is -0.422. The van der Waals surface area contributed by atoms with Crippen molar-refractivity contribution >= 4 is 17.5 Å². The van der Waals surface area contributed by atoms with Crippen LogP contribution in [0.1, 0.15) is 31.9 Å². The largest absolute Gasteiger partial charge is 0.313 e. The highest BCUT2D eigenvalue weighted by atomic mass is 16.2. The lowest BCUT2D eigenvalue weighted by Gasteiger charge is -2.21. The zero-order valence-electron chi connectivity index (χ0n) is 10.9. The molecule has 2 amide bonds. The Morgan fingerprint density at radius 3 is 2.56 bits per heavy atom. The van der Waals surface area contributed by atoms with Crippen LogP contribution in [0.25, 0.3) is 0 Å². The Morgan fingerprint density at radius 2 is 2.00 bits per heavy atom. The number of nitrogens with one attached hydrogen (secondary N) is 1. The summed E-state index contributed by atoms with van der Waals surface area (Å²) in [4.78, 5) is 25.3. The van der Waals surface area contributed by atoms with Crippen molar-refractivity contribution < 1.29 is 9.59 Å². The molecule has 1 aromatic rings. The summed E-state index contributed by atoms with van der Waals surface area (Å²) in [6.07, 6.45) is 0.307. The van der Waals surface area contributed by atoms with Gasteiger partial charge in [0.25, 0.3) is 0 Å². The fourth-order valence-electron chi connectivity index (χ4n) is 2.25. The third kappa shape index (κ3) is 2.04. The molecule has 1 aliphatic rings. The lowest BCUT2D eigenvalue weighted by Crippen LogP contribution is -2.31. The maximum absolute atomic E-state index is 12.1. The highest BCUT2D eigenvalue weighted by Gasteiger charge is 2.37. The summed E-state index contributed by atoms with van der Waals surface area (Å²) < 4.78 is 0. The third-order valence-corrected chi connectivity index (χ3v) is 3.45. The van der Waals surface area contributed by atoms with Crippen LogP contribution in [0.2, 0.25) is 0 Å². The molecule has 0 aliphatic carbocycles. The summed E-state index contributed by atoms with van der Waals surface area (Å²) in [7, 11) is 1.86. The Hall–Kier alpha value is -1.68. The van der Waals surface area contributed by atoms with Gasteiger partial charge in [-0.05, 0) is 25.6 Å². The second kappa shape index (κ2) is 4.90. The van der Waals surface area contributed by atoms with Crippen molar-refractivity contribution in [3.63, 3.8) is 0 Å². The first-order valence-electron chi connectivity index (χ1n) is 6.19. The minimum Gasteiger partial charge on any atom is -0.313 e. The number of nitrogens with zero attached hydrogens (tertiary/aromatic N) is 1. The van der Waals surface area contributed by atoms with Crippen LogP contribution in [0, 0.1) is 5.92 Å². The molecule has 0 spiro atoms. The van der Waals surface area contributed by atoms with Gasteiger partial charge in [-0.25, -0.2) is 4.90 Å². The van der Waals surface area contributed by atoms with Gasteiger partial charge in [-0.3, -0.25) is 9.59 Å². The maximum atomic E-state index is 12.1. The number of hydrogen-bond donors (Lipinski definition) is 1. The summed E-state index contributed by atoms with van der Waals surface area (Å²) >= 11 is 0. The van der Waals surface area contributed by atoms with Crippen LogP contribution in [-0.4, -0.2) is 18.9 Å². The predicted molar refractivity (Wildman–Crippen MR) is 70.2 cm³/mol. The van der Waals surface area contributed by atoms with E-state index in [-0.39, 0.29) is 23.8 Å². The van der Waals surface area contributed by atoms with Crippen molar-refractivity contribution in [2.24, 2.45) is 5.92 Å². The van der Waals surface area contributed by atoms with Crippen LogP contribution < -0.4 is 10.2 Å². The van der Waals surface area contributed by atoms with E-state index in [1.165, 1.54) is 4.90 Å². The van der Waals surface area contributed by atoms with Gasteiger partial charge < -0.3 is 5.32 Å². The van der Waals surface area contributed by atoms with E-state index >= 15 is 0 Å². The number of anilines is 1. The minimum atomic E-state index is -0.213. The summed E-state index contributed by atoms with van der Waals surface area (Å²) in [5, 5.41) is 3.14. The van der Waals surface area contributed by atoms with Crippen molar-refractivity contribution in [1.29, 1.82) is 0 Å². The Kier molecular flexibility index (Phi) is 3.48. The first-order chi connectivity index (χ1) is 8.56. The number of imide groups is 1. The van der Waals surface area contributed by atoms with Gasteiger partial charge >= 0.3 is 0 Å². The summed E-state index contributed by atoms with van der Waals surface area (Å²) in [5.41, 5.74) is 1.68. The third-order valence-electron chi connectivity index (χ3n) is 3.45. The number of carbonyl (C=O) groups is 2. The topological polar surface area (TPSA) is 49.4 Å². The highest BCUT2D eigenvalue weighted by Crippen LogP contribution is 2.31. The molecule has 0 radical (unpaired) electrons. The van der Waals surface area contributed by atoms with E-state index in [9.17, 15) is 9.59 Å².